The van der Waals surface area contributed by atoms with E-state index in [0.717, 1.165) is 37.0 Å². The van der Waals surface area contributed by atoms with Crippen molar-refractivity contribution < 1.29 is 14.3 Å². The third kappa shape index (κ3) is 2.56. The van der Waals surface area contributed by atoms with Gasteiger partial charge in [0.15, 0.2) is 6.61 Å². The quantitative estimate of drug-likeness (QED) is 0.923. The normalized spacial score (nSPS) is 20.0. The number of para-hydroxylation sites is 1. The van der Waals surface area contributed by atoms with Gasteiger partial charge in [0, 0.05) is 13.1 Å². The Morgan fingerprint density at radius 3 is 2.77 bits per heavy atom. The number of carbonyl (C=O) groups excluding carboxylic acids is 2. The highest BCUT2D eigenvalue weighted by Crippen LogP contribution is 2.37. The van der Waals surface area contributed by atoms with Crippen molar-refractivity contribution in [3.8, 4) is 5.75 Å². The van der Waals surface area contributed by atoms with Crippen molar-refractivity contribution in [3.63, 3.8) is 0 Å². The van der Waals surface area contributed by atoms with Gasteiger partial charge in [-0.05, 0) is 31.4 Å². The molecule has 1 saturated heterocycles. The molecule has 0 bridgehead atoms. The second-order valence-corrected chi connectivity index (χ2v) is 6.09. The second kappa shape index (κ2) is 5.99. The number of hydrogen-bond acceptors (Lipinski definition) is 3. The summed E-state index contributed by atoms with van der Waals surface area (Å²) in [6.07, 6.45) is 3.51. The molecule has 2 amide bonds. The molecule has 118 valence electrons. The first-order chi connectivity index (χ1) is 10.6. The van der Waals surface area contributed by atoms with E-state index >= 15 is 0 Å². The van der Waals surface area contributed by atoms with E-state index in [2.05, 4.69) is 5.32 Å². The summed E-state index contributed by atoms with van der Waals surface area (Å²) in [4.78, 5) is 26.7. The lowest BCUT2D eigenvalue weighted by atomic mass is 9.91. The van der Waals surface area contributed by atoms with Crippen LogP contribution in [0.2, 0.25) is 0 Å². The molecule has 5 nitrogen and oxygen atoms in total. The molecule has 5 heteroatoms. The third-order valence-corrected chi connectivity index (χ3v) is 4.74. The fraction of sp³-hybridized carbons (Fsp3) is 0.529. The van der Waals surface area contributed by atoms with Gasteiger partial charge in [-0.25, -0.2) is 0 Å². The fourth-order valence-corrected chi connectivity index (χ4v) is 3.54. The Bertz CT molecular complexity index is 579. The van der Waals surface area contributed by atoms with E-state index in [0.29, 0.717) is 13.1 Å². The summed E-state index contributed by atoms with van der Waals surface area (Å²) in [5.74, 6) is 0.623. The van der Waals surface area contributed by atoms with Crippen LogP contribution in [-0.4, -0.2) is 41.9 Å². The number of hydrogen-bond donors (Lipinski definition) is 1. The maximum absolute atomic E-state index is 12.6. The van der Waals surface area contributed by atoms with Gasteiger partial charge < -0.3 is 15.0 Å². The van der Waals surface area contributed by atoms with Crippen molar-refractivity contribution in [1.29, 1.82) is 0 Å². The molecule has 0 unspecified atom stereocenters. The Balaban J connectivity index is 1.71. The minimum Gasteiger partial charge on any atom is -0.484 e. The van der Waals surface area contributed by atoms with E-state index in [1.165, 1.54) is 0 Å². The van der Waals surface area contributed by atoms with E-state index in [1.54, 1.807) is 4.90 Å². The number of carbonyl (C=O) groups is 2. The van der Waals surface area contributed by atoms with Gasteiger partial charge in [0.25, 0.3) is 5.91 Å². The van der Waals surface area contributed by atoms with Gasteiger partial charge in [-0.1, -0.05) is 31.0 Å². The van der Waals surface area contributed by atoms with Gasteiger partial charge in [0.1, 0.15) is 11.3 Å². The van der Waals surface area contributed by atoms with Gasteiger partial charge >= 0.3 is 0 Å². The van der Waals surface area contributed by atoms with Crippen LogP contribution in [0, 0.1) is 6.92 Å². The molecule has 1 saturated carbocycles. The van der Waals surface area contributed by atoms with E-state index in [4.69, 9.17) is 4.74 Å². The largest absolute Gasteiger partial charge is 0.484 e. The molecular formula is C17H22N2O3. The van der Waals surface area contributed by atoms with Gasteiger partial charge in [-0.2, -0.15) is 0 Å². The Hall–Kier alpha value is -2.04. The number of ether oxygens (including phenoxy) is 1. The summed E-state index contributed by atoms with van der Waals surface area (Å²) in [7, 11) is 0. The predicted molar refractivity (Wildman–Crippen MR) is 82.6 cm³/mol. The summed E-state index contributed by atoms with van der Waals surface area (Å²) < 4.78 is 5.67. The van der Waals surface area contributed by atoms with E-state index < -0.39 is 5.54 Å². The number of nitrogens with zero attached hydrogens (tertiary/aromatic N) is 1. The predicted octanol–water partition coefficient (Wildman–Crippen LogP) is 1.65. The molecule has 1 aliphatic carbocycles. The number of rotatable bonds is 3. The zero-order chi connectivity index (χ0) is 15.6. The maximum Gasteiger partial charge on any atom is 0.261 e. The summed E-state index contributed by atoms with van der Waals surface area (Å²) in [6.45, 7) is 3.03. The van der Waals surface area contributed by atoms with Crippen LogP contribution in [0.3, 0.4) is 0 Å². The monoisotopic (exact) mass is 302 g/mol. The van der Waals surface area contributed by atoms with Crippen LogP contribution in [0.1, 0.15) is 31.2 Å². The van der Waals surface area contributed by atoms with Gasteiger partial charge in [0.2, 0.25) is 5.91 Å². The molecule has 0 atom stereocenters. The number of nitrogens with one attached hydrogen (secondary N) is 1. The minimum absolute atomic E-state index is 0.000455. The molecule has 1 heterocycles. The van der Waals surface area contributed by atoms with Crippen LogP contribution in [0.4, 0.5) is 0 Å². The Morgan fingerprint density at radius 1 is 1.32 bits per heavy atom. The van der Waals surface area contributed by atoms with Crippen molar-refractivity contribution in [2.75, 3.05) is 19.7 Å². The smallest absolute Gasteiger partial charge is 0.261 e. The van der Waals surface area contributed by atoms with Crippen molar-refractivity contribution >= 4 is 11.8 Å². The molecule has 1 aromatic rings. The topological polar surface area (TPSA) is 58.6 Å². The van der Waals surface area contributed by atoms with Crippen molar-refractivity contribution in [1.82, 2.24) is 10.2 Å². The van der Waals surface area contributed by atoms with E-state index in [-0.39, 0.29) is 18.4 Å². The lowest BCUT2D eigenvalue weighted by Gasteiger charge is -2.43. The minimum atomic E-state index is -0.634. The number of piperazine rings is 1. The van der Waals surface area contributed by atoms with Crippen LogP contribution < -0.4 is 10.1 Å². The van der Waals surface area contributed by atoms with E-state index in [9.17, 15) is 9.59 Å². The number of benzene rings is 1. The third-order valence-electron chi connectivity index (χ3n) is 4.74. The van der Waals surface area contributed by atoms with Gasteiger partial charge in [-0.15, -0.1) is 0 Å². The molecule has 1 aromatic carbocycles. The molecule has 2 aliphatic rings. The first kappa shape index (κ1) is 14.9. The van der Waals surface area contributed by atoms with Crippen LogP contribution in [-0.2, 0) is 9.59 Å². The standard InChI is InChI=1S/C17H22N2O3/c1-13-6-2-3-7-14(13)22-12-15(20)19-11-10-18-16(21)17(19)8-4-5-9-17/h2-3,6-7H,4-5,8-12H2,1H3,(H,18,21). The SMILES string of the molecule is Cc1ccccc1OCC(=O)N1CCNC(=O)C12CCCC2. The lowest BCUT2D eigenvalue weighted by Crippen LogP contribution is -2.65. The molecule has 0 radical (unpaired) electrons. The lowest BCUT2D eigenvalue weighted by molar-refractivity contribution is -0.152. The highest BCUT2D eigenvalue weighted by atomic mass is 16.5. The highest BCUT2D eigenvalue weighted by molar-refractivity contribution is 5.93. The zero-order valence-electron chi connectivity index (χ0n) is 12.9. The fourth-order valence-electron chi connectivity index (χ4n) is 3.54. The second-order valence-electron chi connectivity index (χ2n) is 6.09. The molecule has 2 fully saturated rings. The summed E-state index contributed by atoms with van der Waals surface area (Å²) in [5, 5.41) is 2.91. The molecule has 0 aromatic heterocycles. The van der Waals surface area contributed by atoms with Crippen LogP contribution in [0.25, 0.3) is 0 Å². The Kier molecular flexibility index (Phi) is 4.05. The zero-order valence-corrected chi connectivity index (χ0v) is 12.9. The molecule has 1 aliphatic heterocycles. The summed E-state index contributed by atoms with van der Waals surface area (Å²) >= 11 is 0. The van der Waals surface area contributed by atoms with Crippen molar-refractivity contribution in [3.05, 3.63) is 29.8 Å². The summed E-state index contributed by atoms with van der Waals surface area (Å²) in [5.41, 5.74) is 0.368. The molecule has 1 N–H and O–H groups in total. The Labute approximate surface area is 130 Å². The first-order valence-electron chi connectivity index (χ1n) is 7.91. The van der Waals surface area contributed by atoms with Gasteiger partial charge in [0.05, 0.1) is 0 Å². The number of amides is 2. The van der Waals surface area contributed by atoms with Crippen LogP contribution in [0.5, 0.6) is 5.75 Å². The Morgan fingerprint density at radius 2 is 2.05 bits per heavy atom. The molecule has 1 spiro atoms. The van der Waals surface area contributed by atoms with Crippen LogP contribution >= 0.6 is 0 Å². The van der Waals surface area contributed by atoms with Crippen molar-refractivity contribution in [2.45, 2.75) is 38.1 Å². The molecule has 22 heavy (non-hydrogen) atoms. The summed E-state index contributed by atoms with van der Waals surface area (Å²) in [6, 6.07) is 7.63. The number of aryl methyl sites for hydroxylation is 1. The van der Waals surface area contributed by atoms with Crippen molar-refractivity contribution in [2.24, 2.45) is 0 Å². The highest BCUT2D eigenvalue weighted by Gasteiger charge is 2.49. The molecular weight excluding hydrogens is 280 g/mol. The van der Waals surface area contributed by atoms with E-state index in [1.807, 2.05) is 31.2 Å². The average molecular weight is 302 g/mol. The van der Waals surface area contributed by atoms with Gasteiger partial charge in [-0.3, -0.25) is 9.59 Å². The maximum atomic E-state index is 12.6. The first-order valence-corrected chi connectivity index (χ1v) is 7.91. The van der Waals surface area contributed by atoms with Crippen LogP contribution in [0.15, 0.2) is 24.3 Å². The average Bonchev–Trinajstić information content (AvgIpc) is 2.99. The molecule has 3 rings (SSSR count).